The molecule has 0 saturated heterocycles. The van der Waals surface area contributed by atoms with E-state index in [9.17, 15) is 4.39 Å². The molecule has 1 aromatic heterocycles. The van der Waals surface area contributed by atoms with Gasteiger partial charge < -0.3 is 5.73 Å². The van der Waals surface area contributed by atoms with Crippen LogP contribution in [0, 0.1) is 5.82 Å². The highest BCUT2D eigenvalue weighted by molar-refractivity contribution is 6.30. The maximum absolute atomic E-state index is 12.6. The first-order valence-electron chi connectivity index (χ1n) is 3.11. The summed E-state index contributed by atoms with van der Waals surface area (Å²) in [6.07, 6.45) is -0.422. The molecule has 0 radical (unpaired) electrons. The third kappa shape index (κ3) is 1.10. The van der Waals surface area contributed by atoms with E-state index in [4.69, 9.17) is 20.1 Å². The molecule has 0 aliphatic carbocycles. The van der Waals surface area contributed by atoms with E-state index in [1.807, 2.05) is 0 Å². The maximum Gasteiger partial charge on any atom is 0.183 e. The number of aromatic nitrogens is 1. The van der Waals surface area contributed by atoms with Crippen LogP contribution in [0.15, 0.2) is 12.2 Å². The molecule has 0 bridgehead atoms. The van der Waals surface area contributed by atoms with E-state index >= 15 is 0 Å². The molecule has 0 saturated carbocycles. The fraction of sp³-hybridized carbons (Fsp3) is 0. The smallest absolute Gasteiger partial charge is 0.183 e. The summed E-state index contributed by atoms with van der Waals surface area (Å²) in [5.74, 6) is -1.39. The minimum atomic E-state index is -0.937. The van der Waals surface area contributed by atoms with Crippen LogP contribution in [0.2, 0.25) is 5.02 Å². The number of rotatable bonds is 0. The average molecular weight is 149 g/mol. The lowest BCUT2D eigenvalue weighted by atomic mass is 10.4. The van der Waals surface area contributed by atoms with E-state index in [0.717, 1.165) is 0 Å². The Morgan fingerprint density at radius 2 is 2.56 bits per heavy atom. The van der Waals surface area contributed by atoms with Gasteiger partial charge in [0.1, 0.15) is 0 Å². The second kappa shape index (κ2) is 2.19. The van der Waals surface area contributed by atoms with Gasteiger partial charge in [-0.3, -0.25) is 0 Å². The summed E-state index contributed by atoms with van der Waals surface area (Å²) in [7, 11) is 0. The first kappa shape index (κ1) is 4.06. The van der Waals surface area contributed by atoms with E-state index < -0.39 is 28.9 Å². The largest absolute Gasteiger partial charge is 0.381 e. The van der Waals surface area contributed by atoms with Crippen molar-refractivity contribution < 1.29 is 7.13 Å². The predicted octanol–water partition coefficient (Wildman–Crippen LogP) is 1.46. The zero-order chi connectivity index (χ0) is 8.59. The fourth-order valence-electron chi connectivity index (χ4n) is 0.354. The number of hydrogen-bond acceptors (Lipinski definition) is 2. The number of nitrogens with two attached hydrogens (primary N) is 1. The molecule has 0 aliphatic heterocycles. The Morgan fingerprint density at radius 3 is 3.22 bits per heavy atom. The van der Waals surface area contributed by atoms with Gasteiger partial charge in [0, 0.05) is 6.17 Å². The minimum absolute atomic E-state index is 0.422. The van der Waals surface area contributed by atoms with E-state index in [0.29, 0.717) is 0 Å². The zero-order valence-electron chi connectivity index (χ0n) is 6.28. The highest BCUT2D eigenvalue weighted by atomic mass is 35.5. The summed E-state index contributed by atoms with van der Waals surface area (Å²) in [6, 6.07) is -0.446. The van der Waals surface area contributed by atoms with Crippen molar-refractivity contribution in [1.82, 2.24) is 4.98 Å². The monoisotopic (exact) mass is 148 g/mol. The third-order valence-electron chi connectivity index (χ3n) is 0.760. The standard InChI is InChI=1S/C5H4ClFN2/c6-3-1-2-9-5(8)4(3)7/h1-2H,(H2,8,9)/i1D,2D. The highest BCUT2D eigenvalue weighted by Crippen LogP contribution is 2.15. The van der Waals surface area contributed by atoms with Crippen molar-refractivity contribution in [2.24, 2.45) is 0 Å². The van der Waals surface area contributed by atoms with Crippen LogP contribution in [-0.4, -0.2) is 4.98 Å². The van der Waals surface area contributed by atoms with Gasteiger partial charge in [-0.05, 0) is 6.04 Å². The molecular formula is C5H4ClFN2. The van der Waals surface area contributed by atoms with Crippen molar-refractivity contribution in [3.8, 4) is 0 Å². The molecule has 2 N–H and O–H groups in total. The topological polar surface area (TPSA) is 38.9 Å². The molecular weight excluding hydrogens is 143 g/mol. The molecule has 0 amide bonds. The second-order valence-electron chi connectivity index (χ2n) is 1.36. The maximum atomic E-state index is 12.6. The first-order chi connectivity index (χ1) is 5.04. The number of anilines is 1. The Hall–Kier alpha value is -0.830. The molecule has 4 heteroatoms. The lowest BCUT2D eigenvalue weighted by molar-refractivity contribution is 0.627. The van der Waals surface area contributed by atoms with Crippen LogP contribution in [-0.2, 0) is 0 Å². The van der Waals surface area contributed by atoms with Crippen LogP contribution in [0.4, 0.5) is 10.2 Å². The molecule has 1 rings (SSSR count). The van der Waals surface area contributed by atoms with Crippen LogP contribution < -0.4 is 5.73 Å². The number of pyridine rings is 1. The predicted molar refractivity (Wildman–Crippen MR) is 33.6 cm³/mol. The highest BCUT2D eigenvalue weighted by Gasteiger charge is 2.01. The zero-order valence-corrected chi connectivity index (χ0v) is 5.04. The second-order valence-corrected chi connectivity index (χ2v) is 1.74. The summed E-state index contributed by atoms with van der Waals surface area (Å²) >= 11 is 5.29. The molecule has 0 spiro atoms. The Labute approximate surface area is 59.3 Å². The van der Waals surface area contributed by atoms with Crippen molar-refractivity contribution in [1.29, 1.82) is 0 Å². The van der Waals surface area contributed by atoms with Gasteiger partial charge in [-0.25, -0.2) is 9.37 Å². The lowest BCUT2D eigenvalue weighted by Gasteiger charge is -1.93. The molecule has 0 aromatic carbocycles. The van der Waals surface area contributed by atoms with Crippen LogP contribution in [0.5, 0.6) is 0 Å². The molecule has 1 aromatic rings. The fourth-order valence-corrected chi connectivity index (χ4v) is 0.493. The molecule has 0 fully saturated rings. The third-order valence-corrected chi connectivity index (χ3v) is 1.02. The van der Waals surface area contributed by atoms with Gasteiger partial charge in [0.25, 0.3) is 0 Å². The summed E-state index contributed by atoms with van der Waals surface area (Å²) < 4.78 is 26.6. The van der Waals surface area contributed by atoms with Crippen molar-refractivity contribution in [3.05, 3.63) is 23.1 Å². The van der Waals surface area contributed by atoms with Gasteiger partial charge in [-0.1, -0.05) is 11.6 Å². The molecule has 9 heavy (non-hydrogen) atoms. The van der Waals surface area contributed by atoms with Crippen molar-refractivity contribution in [2.75, 3.05) is 5.73 Å². The van der Waals surface area contributed by atoms with Gasteiger partial charge in [-0.15, -0.1) is 0 Å². The van der Waals surface area contributed by atoms with E-state index in [1.165, 1.54) is 0 Å². The number of hydrogen-bond donors (Lipinski definition) is 1. The van der Waals surface area contributed by atoms with E-state index in [-0.39, 0.29) is 0 Å². The van der Waals surface area contributed by atoms with Crippen molar-refractivity contribution in [2.45, 2.75) is 0 Å². The number of nitrogen functional groups attached to an aromatic ring is 1. The Balaban J connectivity index is 3.46. The van der Waals surface area contributed by atoms with Crippen LogP contribution in [0.25, 0.3) is 0 Å². The first-order valence-corrected chi connectivity index (χ1v) is 2.49. The van der Waals surface area contributed by atoms with Gasteiger partial charge in [0.2, 0.25) is 0 Å². The van der Waals surface area contributed by atoms with Crippen LogP contribution in [0.1, 0.15) is 2.74 Å². The van der Waals surface area contributed by atoms with Crippen molar-refractivity contribution in [3.63, 3.8) is 0 Å². The molecule has 48 valence electrons. The van der Waals surface area contributed by atoms with Crippen LogP contribution >= 0.6 is 11.6 Å². The van der Waals surface area contributed by atoms with Gasteiger partial charge in [0.05, 0.1) is 7.76 Å². The average Bonchev–Trinajstić information content (AvgIpc) is 1.97. The van der Waals surface area contributed by atoms with E-state index in [2.05, 4.69) is 4.98 Å². The summed E-state index contributed by atoms with van der Waals surface area (Å²) in [4.78, 5) is 3.23. The Kier molecular flexibility index (Phi) is 0.987. The van der Waals surface area contributed by atoms with Crippen molar-refractivity contribution >= 4 is 17.4 Å². The van der Waals surface area contributed by atoms with Gasteiger partial charge in [0.15, 0.2) is 11.6 Å². The van der Waals surface area contributed by atoms with E-state index in [1.54, 1.807) is 0 Å². The molecule has 1 heterocycles. The molecule has 2 nitrogen and oxygen atoms in total. The lowest BCUT2D eigenvalue weighted by Crippen LogP contribution is -1.93. The summed E-state index contributed by atoms with van der Waals surface area (Å²) in [5, 5.41) is -0.456. The molecule has 0 atom stereocenters. The normalized spacial score (nSPS) is 12.7. The number of nitrogens with zero attached hydrogens (tertiary/aromatic N) is 1. The Morgan fingerprint density at radius 1 is 1.89 bits per heavy atom. The SMILES string of the molecule is [2H]c1nc(N)c(F)c(Cl)c1[2H]. The quantitative estimate of drug-likeness (QED) is 0.605. The summed E-state index contributed by atoms with van der Waals surface area (Å²) in [6.45, 7) is 0. The summed E-state index contributed by atoms with van der Waals surface area (Å²) in [5.41, 5.74) is 5.02. The van der Waals surface area contributed by atoms with Crippen LogP contribution in [0.3, 0.4) is 0 Å². The van der Waals surface area contributed by atoms with Gasteiger partial charge >= 0.3 is 0 Å². The molecule has 0 unspecified atom stereocenters. The number of halogens is 2. The molecule has 0 aliphatic rings. The minimum Gasteiger partial charge on any atom is -0.381 e. The Bertz CT molecular complexity index is 279. The van der Waals surface area contributed by atoms with Gasteiger partial charge in [-0.2, -0.15) is 0 Å².